The molecule has 3 rings (SSSR count). The van der Waals surface area contributed by atoms with Crippen molar-refractivity contribution in [3.05, 3.63) is 58.6 Å². The molecule has 11 nitrogen and oxygen atoms in total. The molecule has 3 aromatic rings. The topological polar surface area (TPSA) is 151 Å². The maximum Gasteiger partial charge on any atom is 0.252 e. The third-order valence-corrected chi connectivity index (χ3v) is 5.85. The normalized spacial score (nSPS) is 10.9. The molecule has 1 aromatic carbocycles. The molecule has 0 saturated heterocycles. The maximum atomic E-state index is 13.4. The fourth-order valence-electron chi connectivity index (χ4n) is 2.54. The van der Waals surface area contributed by atoms with Gasteiger partial charge in [-0.05, 0) is 40.6 Å². The van der Waals surface area contributed by atoms with Gasteiger partial charge in [0.2, 0.25) is 10.0 Å². The van der Waals surface area contributed by atoms with Crippen LogP contribution >= 0.6 is 23.4 Å². The van der Waals surface area contributed by atoms with Crippen LogP contribution in [0.1, 0.15) is 43.7 Å². The Morgan fingerprint density at radius 1 is 1.16 bits per heavy atom. The quantitative estimate of drug-likeness (QED) is 0.140. The molecular formula is C23H31ClFN7O4S2. The van der Waals surface area contributed by atoms with E-state index in [1.54, 1.807) is 7.05 Å². The standard InChI is InChI=1S/C19H19ClFN7O4S2.2C2H6/c1-22-17(25-12-4-5-14(21)13(20)9-12)16-19(27-32-26-16)33-8-7-23-18(29)11-3-6-15(24-10-11)28-34(2,30)31;2*1-2/h3-6,9-10H,7-8H2,1-2H3,(H,22,25)(H,23,29)(H,24,28);2*1-2H3. The number of aromatic nitrogens is 3. The lowest BCUT2D eigenvalue weighted by molar-refractivity contribution is 0.0956. The highest BCUT2D eigenvalue weighted by atomic mass is 35.5. The number of carbonyl (C=O) groups excluding carboxylic acids is 1. The Hall–Kier alpha value is -3.23. The fraction of sp³-hybridized carbons (Fsp3) is 0.348. The second-order valence-corrected chi connectivity index (χ2v) is 9.89. The summed E-state index contributed by atoms with van der Waals surface area (Å²) in [7, 11) is -1.91. The van der Waals surface area contributed by atoms with Gasteiger partial charge >= 0.3 is 0 Å². The Bertz CT molecular complexity index is 1300. The molecule has 0 spiro atoms. The number of thioether (sulfide) groups is 1. The lowest BCUT2D eigenvalue weighted by Crippen LogP contribution is -2.26. The van der Waals surface area contributed by atoms with Crippen molar-refractivity contribution in [1.82, 2.24) is 20.6 Å². The molecule has 0 radical (unpaired) electrons. The number of nitrogens with one attached hydrogen (secondary N) is 3. The van der Waals surface area contributed by atoms with Crippen LogP contribution in [0.25, 0.3) is 0 Å². The number of anilines is 2. The molecule has 0 aliphatic carbocycles. The number of halogens is 2. The predicted molar refractivity (Wildman–Crippen MR) is 150 cm³/mol. The van der Waals surface area contributed by atoms with Crippen molar-refractivity contribution < 1.29 is 22.2 Å². The van der Waals surface area contributed by atoms with Crippen LogP contribution in [0.2, 0.25) is 5.02 Å². The Morgan fingerprint density at radius 3 is 2.45 bits per heavy atom. The molecule has 1 amide bonds. The van der Waals surface area contributed by atoms with Gasteiger partial charge in [0.25, 0.3) is 5.91 Å². The Morgan fingerprint density at radius 2 is 1.87 bits per heavy atom. The van der Waals surface area contributed by atoms with E-state index >= 15 is 0 Å². The van der Waals surface area contributed by atoms with Gasteiger partial charge in [-0.3, -0.25) is 14.5 Å². The maximum absolute atomic E-state index is 13.4. The largest absolute Gasteiger partial charge is 0.351 e. The van der Waals surface area contributed by atoms with Gasteiger partial charge in [-0.25, -0.2) is 22.4 Å². The first-order valence-electron chi connectivity index (χ1n) is 11.5. The second-order valence-electron chi connectivity index (χ2n) is 6.65. The van der Waals surface area contributed by atoms with Gasteiger partial charge in [0, 0.05) is 31.2 Å². The molecule has 208 valence electrons. The number of hydrogen-bond donors (Lipinski definition) is 3. The number of amides is 1. The zero-order chi connectivity index (χ0) is 28.7. The third-order valence-electron chi connectivity index (χ3n) is 4.03. The van der Waals surface area contributed by atoms with Gasteiger partial charge in [0.15, 0.2) is 16.6 Å². The van der Waals surface area contributed by atoms with Crippen molar-refractivity contribution in [2.24, 2.45) is 4.99 Å². The minimum atomic E-state index is -3.45. The van der Waals surface area contributed by atoms with Gasteiger partial charge in [-0.2, -0.15) is 0 Å². The van der Waals surface area contributed by atoms with Crippen molar-refractivity contribution in [2.45, 2.75) is 32.7 Å². The Balaban J connectivity index is 0.00000172. The highest BCUT2D eigenvalue weighted by molar-refractivity contribution is 7.99. The van der Waals surface area contributed by atoms with Crippen LogP contribution < -0.4 is 15.4 Å². The zero-order valence-electron chi connectivity index (χ0n) is 21.9. The van der Waals surface area contributed by atoms with E-state index in [2.05, 4.69) is 35.6 Å². The van der Waals surface area contributed by atoms with E-state index < -0.39 is 15.8 Å². The molecule has 0 saturated carbocycles. The first kappa shape index (κ1) is 32.8. The summed E-state index contributed by atoms with van der Waals surface area (Å²) in [6.45, 7) is 8.29. The average molecular weight is 588 g/mol. The second kappa shape index (κ2) is 16.6. The highest BCUT2D eigenvalue weighted by Crippen LogP contribution is 2.23. The van der Waals surface area contributed by atoms with Crippen molar-refractivity contribution in [1.29, 1.82) is 0 Å². The summed E-state index contributed by atoms with van der Waals surface area (Å²) in [5, 5.41) is 13.8. The molecule has 3 N–H and O–H groups in total. The first-order chi connectivity index (χ1) is 18.2. The van der Waals surface area contributed by atoms with E-state index in [0.29, 0.717) is 34.5 Å². The van der Waals surface area contributed by atoms with Gasteiger partial charge in [-0.1, -0.05) is 51.1 Å². The summed E-state index contributed by atoms with van der Waals surface area (Å²) in [4.78, 5) is 20.3. The SMILES string of the molecule is CC.CC.CN=C(Nc1ccc(F)c(Cl)c1)c1nonc1SCCNC(=O)c1ccc(NS(C)(=O)=O)nc1. The van der Waals surface area contributed by atoms with Crippen LogP contribution in [0.5, 0.6) is 0 Å². The predicted octanol–water partition coefficient (Wildman–Crippen LogP) is 4.69. The summed E-state index contributed by atoms with van der Waals surface area (Å²) in [5.74, 6) is -0.0213. The molecule has 0 aliphatic heterocycles. The molecule has 0 bridgehead atoms. The van der Waals surface area contributed by atoms with Crippen LogP contribution in [-0.4, -0.2) is 61.1 Å². The number of amidine groups is 1. The number of rotatable bonds is 9. The molecule has 2 heterocycles. The summed E-state index contributed by atoms with van der Waals surface area (Å²) >= 11 is 7.09. The summed E-state index contributed by atoms with van der Waals surface area (Å²) in [6.07, 6.45) is 2.28. The zero-order valence-corrected chi connectivity index (χ0v) is 24.3. The highest BCUT2D eigenvalue weighted by Gasteiger charge is 2.17. The number of pyridine rings is 1. The van der Waals surface area contributed by atoms with Crippen molar-refractivity contribution in [3.8, 4) is 0 Å². The van der Waals surface area contributed by atoms with E-state index in [1.807, 2.05) is 27.7 Å². The fourth-order valence-corrected chi connectivity index (χ4v) is 3.98. The average Bonchev–Trinajstić information content (AvgIpc) is 3.37. The number of benzene rings is 1. The smallest absolute Gasteiger partial charge is 0.252 e. The lowest BCUT2D eigenvalue weighted by Gasteiger charge is -2.09. The summed E-state index contributed by atoms with van der Waals surface area (Å²) in [6, 6.07) is 6.99. The molecule has 0 unspecified atom stereocenters. The molecule has 0 aliphatic rings. The minimum Gasteiger partial charge on any atom is -0.351 e. The van der Waals surface area contributed by atoms with Crippen molar-refractivity contribution in [3.63, 3.8) is 0 Å². The first-order valence-corrected chi connectivity index (χ1v) is 14.8. The number of carbonyl (C=O) groups is 1. The number of hydrogen-bond acceptors (Lipinski definition) is 9. The van der Waals surface area contributed by atoms with E-state index in [0.717, 1.165) is 6.26 Å². The molecule has 15 heteroatoms. The van der Waals surface area contributed by atoms with Crippen molar-refractivity contribution in [2.75, 3.05) is 35.6 Å². The lowest BCUT2D eigenvalue weighted by atomic mass is 10.2. The van der Waals surface area contributed by atoms with Crippen LogP contribution in [0.4, 0.5) is 15.9 Å². The van der Waals surface area contributed by atoms with Crippen LogP contribution in [-0.2, 0) is 10.0 Å². The van der Waals surface area contributed by atoms with Crippen LogP contribution in [0.3, 0.4) is 0 Å². The third kappa shape index (κ3) is 10.6. The van der Waals surface area contributed by atoms with Crippen molar-refractivity contribution >= 4 is 56.6 Å². The van der Waals surface area contributed by atoms with Gasteiger partial charge < -0.3 is 10.6 Å². The number of sulfonamides is 1. The Labute approximate surface area is 231 Å². The van der Waals surface area contributed by atoms with Gasteiger partial charge in [0.1, 0.15) is 11.6 Å². The summed E-state index contributed by atoms with van der Waals surface area (Å²) < 4.78 is 42.9. The molecule has 38 heavy (non-hydrogen) atoms. The van der Waals surface area contributed by atoms with Gasteiger partial charge in [-0.15, -0.1) is 0 Å². The molecule has 0 atom stereocenters. The van der Waals surface area contributed by atoms with Gasteiger partial charge in [0.05, 0.1) is 16.8 Å². The van der Waals surface area contributed by atoms with Crippen LogP contribution in [0.15, 0.2) is 51.2 Å². The summed E-state index contributed by atoms with van der Waals surface area (Å²) in [5.41, 5.74) is 1.12. The number of aliphatic imine (C=N–C) groups is 1. The van der Waals surface area contributed by atoms with E-state index in [1.165, 1.54) is 48.3 Å². The minimum absolute atomic E-state index is 0.0411. The van der Waals surface area contributed by atoms with Crippen LogP contribution in [0, 0.1) is 5.82 Å². The molecule has 0 fully saturated rings. The van der Waals surface area contributed by atoms with E-state index in [4.69, 9.17) is 16.2 Å². The number of nitrogens with zero attached hydrogens (tertiary/aromatic N) is 4. The molecular weight excluding hydrogens is 557 g/mol. The molecule has 2 aromatic heterocycles. The Kier molecular flexibility index (Phi) is 14.3. The van der Waals surface area contributed by atoms with E-state index in [-0.39, 0.29) is 22.3 Å². The van der Waals surface area contributed by atoms with E-state index in [9.17, 15) is 17.6 Å². The monoisotopic (exact) mass is 587 g/mol.